The van der Waals surface area contributed by atoms with Gasteiger partial charge in [0.05, 0.1) is 28.4 Å². The quantitative estimate of drug-likeness (QED) is 0.267. The van der Waals surface area contributed by atoms with E-state index in [-0.39, 0.29) is 24.6 Å². The van der Waals surface area contributed by atoms with Crippen molar-refractivity contribution in [3.63, 3.8) is 0 Å². The Bertz CT molecular complexity index is 1920. The minimum Gasteiger partial charge on any atom is -0.367 e. The number of hydrogen-bond acceptors (Lipinski definition) is 6. The summed E-state index contributed by atoms with van der Waals surface area (Å²) in [6.45, 7) is 3.82. The lowest BCUT2D eigenvalue weighted by Crippen LogP contribution is -2.64. The van der Waals surface area contributed by atoms with Crippen molar-refractivity contribution in [1.29, 1.82) is 5.26 Å². The number of hydrogen-bond donors (Lipinski definition) is 1. The maximum atomic E-state index is 14.5. The molecule has 4 aromatic carbocycles. The second kappa shape index (κ2) is 11.2. The molecule has 0 aromatic heterocycles. The number of imide groups is 1. The molecule has 0 saturated carbocycles. The summed E-state index contributed by atoms with van der Waals surface area (Å²) in [5.74, 6) is -1.76. The Morgan fingerprint density at radius 1 is 0.911 bits per heavy atom. The first kappa shape index (κ1) is 28.7. The van der Waals surface area contributed by atoms with Gasteiger partial charge in [-0.15, -0.1) is 0 Å². The van der Waals surface area contributed by atoms with Crippen LogP contribution in [0.25, 0.3) is 10.8 Å². The van der Waals surface area contributed by atoms with E-state index < -0.39 is 17.3 Å². The fourth-order valence-corrected chi connectivity index (χ4v) is 6.74. The Labute approximate surface area is 261 Å². The molecule has 0 bridgehead atoms. The van der Waals surface area contributed by atoms with Gasteiger partial charge in [-0.25, -0.2) is 4.39 Å². The lowest BCUT2D eigenvalue weighted by atomic mass is 9.69. The zero-order valence-corrected chi connectivity index (χ0v) is 24.6. The SMILES string of the molecule is [B]C1(N2C(=O)c3cccc4c(Cc5ccc(CN6CCN(c7ccc(C#N)cc7F)CC6)cc5)ccc2c34)CCC(=O)NC1=O. The monoisotopic (exact) mass is 597 g/mol. The van der Waals surface area contributed by atoms with Crippen LogP contribution in [0.1, 0.15) is 45.5 Å². The fraction of sp³-hybridized carbons (Fsp3) is 0.257. The Balaban J connectivity index is 1.04. The fourth-order valence-electron chi connectivity index (χ4n) is 6.74. The van der Waals surface area contributed by atoms with Crippen molar-refractivity contribution < 1.29 is 18.8 Å². The molecule has 1 N–H and O–H groups in total. The van der Waals surface area contributed by atoms with E-state index in [1.165, 1.54) is 16.5 Å². The van der Waals surface area contributed by atoms with Gasteiger partial charge in [0, 0.05) is 50.1 Å². The molecule has 2 saturated heterocycles. The van der Waals surface area contributed by atoms with Gasteiger partial charge in [0.15, 0.2) is 0 Å². The van der Waals surface area contributed by atoms with Crippen LogP contribution in [0.4, 0.5) is 15.8 Å². The Morgan fingerprint density at radius 2 is 1.64 bits per heavy atom. The predicted molar refractivity (Wildman–Crippen MR) is 169 cm³/mol. The molecule has 3 amide bonds. The summed E-state index contributed by atoms with van der Waals surface area (Å²) >= 11 is 0. The molecular weight excluding hydrogens is 568 g/mol. The minimum atomic E-state index is -1.64. The first-order chi connectivity index (χ1) is 21.7. The van der Waals surface area contributed by atoms with Crippen LogP contribution in [-0.4, -0.2) is 62.1 Å². The number of carbonyl (C=O) groups excluding carboxylic acids is 3. The number of nitrogens with one attached hydrogen (secondary N) is 1. The van der Waals surface area contributed by atoms with E-state index in [0.29, 0.717) is 42.0 Å². The maximum absolute atomic E-state index is 14.5. The number of carbonyl (C=O) groups is 3. The zero-order valence-electron chi connectivity index (χ0n) is 24.6. The molecular formula is C35H29BFN5O3. The van der Waals surface area contributed by atoms with Crippen LogP contribution in [0, 0.1) is 17.1 Å². The summed E-state index contributed by atoms with van der Waals surface area (Å²) < 4.78 is 14.5. The third kappa shape index (κ3) is 5.03. The normalized spacial score (nSPS) is 20.0. The Kier molecular flexibility index (Phi) is 7.13. The zero-order chi connectivity index (χ0) is 31.3. The summed E-state index contributed by atoms with van der Waals surface area (Å²) in [5.41, 5.74) is 3.67. The highest BCUT2D eigenvalue weighted by atomic mass is 19.1. The molecule has 2 fully saturated rings. The molecule has 3 heterocycles. The molecule has 2 radical (unpaired) electrons. The van der Waals surface area contributed by atoms with E-state index in [1.807, 2.05) is 35.2 Å². The van der Waals surface area contributed by atoms with Gasteiger partial charge in [-0.05, 0) is 65.3 Å². The number of piperidine rings is 1. The molecule has 3 aliphatic heterocycles. The summed E-state index contributed by atoms with van der Waals surface area (Å²) in [6, 6.07) is 24.5. The highest BCUT2D eigenvalue weighted by Crippen LogP contribution is 2.43. The van der Waals surface area contributed by atoms with Crippen LogP contribution < -0.4 is 15.1 Å². The number of anilines is 2. The number of nitrogens with zero attached hydrogens (tertiary/aromatic N) is 4. The molecule has 0 aliphatic carbocycles. The lowest BCUT2D eigenvalue weighted by molar-refractivity contribution is -0.135. The number of amides is 3. The Morgan fingerprint density at radius 3 is 2.36 bits per heavy atom. The van der Waals surface area contributed by atoms with Crippen molar-refractivity contribution in [3.8, 4) is 6.07 Å². The topological polar surface area (TPSA) is 96.8 Å². The third-order valence-electron chi connectivity index (χ3n) is 9.18. The van der Waals surface area contributed by atoms with Crippen LogP contribution in [0.5, 0.6) is 0 Å². The molecule has 0 spiro atoms. The van der Waals surface area contributed by atoms with E-state index >= 15 is 0 Å². The number of nitriles is 1. The van der Waals surface area contributed by atoms with Crippen molar-refractivity contribution >= 4 is 47.7 Å². The molecule has 1 atom stereocenters. The first-order valence-electron chi connectivity index (χ1n) is 15.0. The van der Waals surface area contributed by atoms with Gasteiger partial charge in [0.1, 0.15) is 13.7 Å². The molecule has 222 valence electrons. The second-order valence-electron chi connectivity index (χ2n) is 11.9. The van der Waals surface area contributed by atoms with Crippen molar-refractivity contribution in [2.75, 3.05) is 36.0 Å². The van der Waals surface area contributed by atoms with Crippen LogP contribution in [0.15, 0.2) is 72.8 Å². The molecule has 3 aliphatic rings. The van der Waals surface area contributed by atoms with Gasteiger partial charge >= 0.3 is 0 Å². The largest absolute Gasteiger partial charge is 0.367 e. The first-order valence-corrected chi connectivity index (χ1v) is 15.0. The second-order valence-corrected chi connectivity index (χ2v) is 11.9. The highest BCUT2D eigenvalue weighted by molar-refractivity contribution is 6.39. The van der Waals surface area contributed by atoms with E-state index in [4.69, 9.17) is 13.1 Å². The average Bonchev–Trinajstić information content (AvgIpc) is 3.34. The van der Waals surface area contributed by atoms with E-state index in [1.54, 1.807) is 18.2 Å². The molecule has 8 nitrogen and oxygen atoms in total. The highest BCUT2D eigenvalue weighted by Gasteiger charge is 2.49. The van der Waals surface area contributed by atoms with Crippen LogP contribution in [0.3, 0.4) is 0 Å². The lowest BCUT2D eigenvalue weighted by Gasteiger charge is -2.40. The van der Waals surface area contributed by atoms with Gasteiger partial charge in [0.2, 0.25) is 11.8 Å². The van der Waals surface area contributed by atoms with Crippen LogP contribution >= 0.6 is 0 Å². The molecule has 7 rings (SSSR count). The number of rotatable bonds is 6. The third-order valence-corrected chi connectivity index (χ3v) is 9.18. The maximum Gasteiger partial charge on any atom is 0.259 e. The molecule has 4 aromatic rings. The smallest absolute Gasteiger partial charge is 0.259 e. The van der Waals surface area contributed by atoms with Gasteiger partial charge in [0.25, 0.3) is 5.91 Å². The van der Waals surface area contributed by atoms with Crippen LogP contribution in [0.2, 0.25) is 0 Å². The van der Waals surface area contributed by atoms with Gasteiger partial charge in [-0.3, -0.25) is 24.6 Å². The van der Waals surface area contributed by atoms with Gasteiger partial charge < -0.3 is 9.80 Å². The van der Waals surface area contributed by atoms with E-state index in [2.05, 4.69) is 34.5 Å². The summed E-state index contributed by atoms with van der Waals surface area (Å²) in [4.78, 5) is 43.9. The van der Waals surface area contributed by atoms with Crippen LogP contribution in [-0.2, 0) is 22.6 Å². The van der Waals surface area contributed by atoms with Crippen molar-refractivity contribution in [3.05, 3.63) is 106 Å². The van der Waals surface area contributed by atoms with Gasteiger partial charge in [-0.1, -0.05) is 42.5 Å². The summed E-state index contributed by atoms with van der Waals surface area (Å²) in [5, 5.41) is 13.0. The van der Waals surface area contributed by atoms with E-state index in [9.17, 15) is 18.8 Å². The van der Waals surface area contributed by atoms with Crippen molar-refractivity contribution in [2.45, 2.75) is 31.2 Å². The van der Waals surface area contributed by atoms with Crippen molar-refractivity contribution in [2.24, 2.45) is 0 Å². The number of piperazine rings is 1. The standard InChI is InChI=1S/C35H29BFN5O3/c36-35(13-12-31(43)39-34(35)45)42-30-11-9-25(26-2-1-3-27(32(26)30)33(42)44)18-22-4-6-23(7-5-22)21-40-14-16-41(17-15-40)29-10-8-24(20-38)19-28(29)37/h1-11,19H,12-18,21H2,(H,39,43,45). The number of benzene rings is 4. The average molecular weight is 597 g/mol. The molecule has 45 heavy (non-hydrogen) atoms. The summed E-state index contributed by atoms with van der Waals surface area (Å²) in [7, 11) is 6.52. The van der Waals surface area contributed by atoms with Crippen molar-refractivity contribution in [1.82, 2.24) is 10.2 Å². The summed E-state index contributed by atoms with van der Waals surface area (Å²) in [6.07, 6.45) is 0.777. The minimum absolute atomic E-state index is 0.0539. The Hall–Kier alpha value is -5.01. The molecule has 1 unspecified atom stereocenters. The van der Waals surface area contributed by atoms with Gasteiger partial charge in [-0.2, -0.15) is 5.26 Å². The molecule has 10 heteroatoms. The predicted octanol–water partition coefficient (Wildman–Crippen LogP) is 4.03. The number of halogens is 1. The van der Waals surface area contributed by atoms with E-state index in [0.717, 1.165) is 41.5 Å².